The Balaban J connectivity index is 3.65. The minimum atomic E-state index is -0.525. The first kappa shape index (κ1) is 12.4. The van der Waals surface area contributed by atoms with Crippen molar-refractivity contribution in [1.29, 1.82) is 0 Å². The van der Waals surface area contributed by atoms with Gasteiger partial charge in [0.2, 0.25) is 0 Å². The molecule has 0 bridgehead atoms. The van der Waals surface area contributed by atoms with Gasteiger partial charge in [-0.2, -0.15) is 0 Å². The van der Waals surface area contributed by atoms with Crippen LogP contribution in [-0.4, -0.2) is 51.3 Å². The molecule has 2 nitrogen and oxygen atoms in total. The number of hydrogen-bond acceptors (Lipinski definition) is 2. The van der Waals surface area contributed by atoms with E-state index in [1.54, 1.807) is 0 Å². The van der Waals surface area contributed by atoms with Gasteiger partial charge in [0.1, 0.15) is 0 Å². The Labute approximate surface area is 84.1 Å². The maximum absolute atomic E-state index is 9.71. The van der Waals surface area contributed by atoms with Gasteiger partial charge in [0, 0.05) is 0 Å². The third-order valence-corrected chi connectivity index (χ3v) is 3.48. The Hall–Kier alpha value is 0.439. The summed E-state index contributed by atoms with van der Waals surface area (Å²) in [5.41, 5.74) is -0.525. The van der Waals surface area contributed by atoms with Gasteiger partial charge in [-0.3, -0.25) is 0 Å². The van der Waals surface area contributed by atoms with E-state index < -0.39 is 5.60 Å². The fourth-order valence-corrected chi connectivity index (χ4v) is 1.31. The molecule has 1 N–H and O–H groups in total. The number of hydrogen-bond donors (Lipinski definition) is 1. The summed E-state index contributed by atoms with van der Waals surface area (Å²) in [4.78, 5) is 2.32. The minimum absolute atomic E-state index is 0.525. The van der Waals surface area contributed by atoms with E-state index in [1.165, 1.54) is 0 Å². The van der Waals surface area contributed by atoms with Crippen molar-refractivity contribution in [3.63, 3.8) is 0 Å². The van der Waals surface area contributed by atoms with Gasteiger partial charge in [-0.05, 0) is 0 Å². The molecule has 0 aliphatic rings. The SMILES string of the molecule is CCN(CC)CCC(C)(O)C[Se]. The summed E-state index contributed by atoms with van der Waals surface area (Å²) in [6.07, 6.45) is 0.849. The van der Waals surface area contributed by atoms with Crippen LogP contribution >= 0.6 is 0 Å². The summed E-state index contributed by atoms with van der Waals surface area (Å²) in [5.74, 6) is 0. The summed E-state index contributed by atoms with van der Waals surface area (Å²) in [7, 11) is 0. The van der Waals surface area contributed by atoms with Crippen LogP contribution in [0, 0.1) is 0 Å². The van der Waals surface area contributed by atoms with E-state index in [2.05, 4.69) is 34.8 Å². The molecule has 1 radical (unpaired) electrons. The van der Waals surface area contributed by atoms with Gasteiger partial charge in [-0.25, -0.2) is 0 Å². The van der Waals surface area contributed by atoms with Crippen molar-refractivity contribution >= 4 is 16.0 Å². The molecule has 0 saturated heterocycles. The van der Waals surface area contributed by atoms with E-state index >= 15 is 0 Å². The van der Waals surface area contributed by atoms with Crippen LogP contribution in [0.1, 0.15) is 27.2 Å². The molecule has 0 spiro atoms. The van der Waals surface area contributed by atoms with Gasteiger partial charge >= 0.3 is 83.8 Å². The average molecular weight is 237 g/mol. The topological polar surface area (TPSA) is 23.5 Å². The molecule has 0 aliphatic carbocycles. The summed E-state index contributed by atoms with van der Waals surface area (Å²) in [5, 5.41) is 10.4. The Morgan fingerprint density at radius 1 is 1.33 bits per heavy atom. The number of aliphatic hydroxyl groups is 1. The van der Waals surface area contributed by atoms with Gasteiger partial charge in [-0.15, -0.1) is 0 Å². The van der Waals surface area contributed by atoms with Crippen LogP contribution in [-0.2, 0) is 0 Å². The Morgan fingerprint density at radius 3 is 2.17 bits per heavy atom. The van der Waals surface area contributed by atoms with Crippen LogP contribution in [0.15, 0.2) is 0 Å². The molecular formula is C9H20NOSe. The number of nitrogens with zero attached hydrogens (tertiary/aromatic N) is 1. The zero-order chi connectivity index (χ0) is 9.61. The van der Waals surface area contributed by atoms with Crippen molar-refractivity contribution in [1.82, 2.24) is 4.90 Å². The molecule has 1 atom stereocenters. The van der Waals surface area contributed by atoms with E-state index in [1.807, 2.05) is 6.92 Å². The van der Waals surface area contributed by atoms with Crippen LogP contribution < -0.4 is 0 Å². The molecule has 73 valence electrons. The second kappa shape index (κ2) is 5.98. The third-order valence-electron chi connectivity index (χ3n) is 2.17. The summed E-state index contributed by atoms with van der Waals surface area (Å²) in [6, 6.07) is 0. The quantitative estimate of drug-likeness (QED) is 0.698. The monoisotopic (exact) mass is 238 g/mol. The van der Waals surface area contributed by atoms with E-state index in [9.17, 15) is 5.11 Å². The van der Waals surface area contributed by atoms with Crippen molar-refractivity contribution in [2.75, 3.05) is 19.6 Å². The zero-order valence-electron chi connectivity index (χ0n) is 8.34. The number of rotatable bonds is 6. The Morgan fingerprint density at radius 2 is 1.83 bits per heavy atom. The van der Waals surface area contributed by atoms with E-state index in [0.29, 0.717) is 5.32 Å². The van der Waals surface area contributed by atoms with Gasteiger partial charge in [0.05, 0.1) is 0 Å². The second-order valence-electron chi connectivity index (χ2n) is 3.42. The standard InChI is InChI=1S/C9H20NOSe/c1-4-10(5-2)7-6-9(3,11)8-12/h11H,4-8H2,1-3H3. The fourth-order valence-electron chi connectivity index (χ4n) is 1.01. The summed E-state index contributed by atoms with van der Waals surface area (Å²) >= 11 is 2.87. The fraction of sp³-hybridized carbons (Fsp3) is 1.00. The molecule has 0 amide bonds. The van der Waals surface area contributed by atoms with Crippen LogP contribution in [0.4, 0.5) is 0 Å². The van der Waals surface area contributed by atoms with Crippen molar-refractivity contribution < 1.29 is 5.11 Å². The second-order valence-corrected chi connectivity index (χ2v) is 4.02. The molecule has 0 rings (SSSR count). The molecule has 0 aromatic rings. The molecule has 0 heterocycles. The summed E-state index contributed by atoms with van der Waals surface area (Å²) < 4.78 is 0. The average Bonchev–Trinajstić information content (AvgIpc) is 2.06. The predicted molar refractivity (Wildman–Crippen MR) is 53.6 cm³/mol. The first-order valence-electron chi connectivity index (χ1n) is 4.58. The van der Waals surface area contributed by atoms with Crippen molar-refractivity contribution in [2.45, 2.75) is 38.1 Å². The predicted octanol–water partition coefficient (Wildman–Crippen LogP) is 1.06. The van der Waals surface area contributed by atoms with Crippen molar-refractivity contribution in [3.05, 3.63) is 0 Å². The molecule has 1 unspecified atom stereocenters. The molecule has 3 heteroatoms. The van der Waals surface area contributed by atoms with Crippen LogP contribution in [0.3, 0.4) is 0 Å². The first-order chi connectivity index (χ1) is 5.55. The normalized spacial score (nSPS) is 16.5. The molecule has 0 saturated carbocycles. The van der Waals surface area contributed by atoms with E-state index in [0.717, 1.165) is 26.1 Å². The Bertz CT molecular complexity index is 113. The first-order valence-corrected chi connectivity index (χ1v) is 5.79. The molecule has 0 aromatic heterocycles. The molecule has 12 heavy (non-hydrogen) atoms. The third kappa shape index (κ3) is 5.15. The van der Waals surface area contributed by atoms with Gasteiger partial charge in [0.15, 0.2) is 0 Å². The molecular weight excluding hydrogens is 217 g/mol. The summed E-state index contributed by atoms with van der Waals surface area (Å²) in [6.45, 7) is 9.31. The molecule has 0 aromatic carbocycles. The van der Waals surface area contributed by atoms with E-state index in [4.69, 9.17) is 0 Å². The van der Waals surface area contributed by atoms with E-state index in [-0.39, 0.29) is 0 Å². The van der Waals surface area contributed by atoms with Crippen LogP contribution in [0.5, 0.6) is 0 Å². The Kier molecular flexibility index (Phi) is 6.20. The van der Waals surface area contributed by atoms with Gasteiger partial charge in [-0.1, -0.05) is 0 Å². The van der Waals surface area contributed by atoms with Crippen molar-refractivity contribution in [3.8, 4) is 0 Å². The van der Waals surface area contributed by atoms with Gasteiger partial charge in [0.25, 0.3) is 0 Å². The zero-order valence-corrected chi connectivity index (χ0v) is 10.1. The van der Waals surface area contributed by atoms with Crippen LogP contribution in [0.2, 0.25) is 5.32 Å². The maximum atomic E-state index is 9.71. The van der Waals surface area contributed by atoms with Crippen molar-refractivity contribution in [2.24, 2.45) is 0 Å². The van der Waals surface area contributed by atoms with Crippen LogP contribution in [0.25, 0.3) is 0 Å². The molecule has 0 fully saturated rings. The van der Waals surface area contributed by atoms with Gasteiger partial charge < -0.3 is 0 Å². The molecule has 0 aliphatic heterocycles.